The zero-order chi connectivity index (χ0) is 11.5. The van der Waals surface area contributed by atoms with E-state index in [9.17, 15) is 0 Å². The number of hydrogen-bond acceptors (Lipinski definition) is 4. The van der Waals surface area contributed by atoms with Gasteiger partial charge in [-0.05, 0) is 23.6 Å². The number of thioether (sulfide) groups is 2. The van der Waals surface area contributed by atoms with E-state index in [4.69, 9.17) is 4.74 Å². The molecule has 0 N–H and O–H groups in total. The van der Waals surface area contributed by atoms with Gasteiger partial charge in [-0.2, -0.15) is 0 Å². The van der Waals surface area contributed by atoms with E-state index in [-0.39, 0.29) is 0 Å². The molecular weight excluding hydrogens is 250 g/mol. The molecule has 3 rings (SSSR count). The Kier molecular flexibility index (Phi) is 3.62. The van der Waals surface area contributed by atoms with Crippen LogP contribution >= 0.6 is 23.5 Å². The molecule has 1 aromatic rings. The summed E-state index contributed by atoms with van der Waals surface area (Å²) in [4.78, 5) is 4.45. The first-order valence-corrected chi connectivity index (χ1v) is 7.93. The fraction of sp³-hybridized carbons (Fsp3) is 0.462. The molecule has 0 saturated heterocycles. The second-order valence-corrected chi connectivity index (χ2v) is 6.56. The van der Waals surface area contributed by atoms with Crippen molar-refractivity contribution in [2.75, 3.05) is 24.7 Å². The molecule has 2 aliphatic rings. The molecule has 17 heavy (non-hydrogen) atoms. The van der Waals surface area contributed by atoms with Crippen LogP contribution in [0.1, 0.15) is 11.1 Å². The molecular formula is C13H15NOS2. The van der Waals surface area contributed by atoms with Gasteiger partial charge in [0.05, 0.1) is 13.2 Å². The zero-order valence-corrected chi connectivity index (χ0v) is 11.3. The lowest BCUT2D eigenvalue weighted by Crippen LogP contribution is -1.92. The summed E-state index contributed by atoms with van der Waals surface area (Å²) in [5, 5.41) is 0. The van der Waals surface area contributed by atoms with Gasteiger partial charge in [0.1, 0.15) is 10.1 Å². The Morgan fingerprint density at radius 3 is 3.29 bits per heavy atom. The van der Waals surface area contributed by atoms with Crippen molar-refractivity contribution in [3.8, 4) is 5.75 Å². The number of nitrogens with zero attached hydrogens (tertiary/aromatic N) is 1. The molecule has 0 saturated carbocycles. The predicted octanol–water partition coefficient (Wildman–Crippen LogP) is 3.00. The molecule has 0 amide bonds. The average molecular weight is 265 g/mol. The highest BCUT2D eigenvalue weighted by atomic mass is 32.2. The van der Waals surface area contributed by atoms with E-state index in [2.05, 4.69) is 23.2 Å². The van der Waals surface area contributed by atoms with Crippen LogP contribution < -0.4 is 4.74 Å². The first-order chi connectivity index (χ1) is 8.42. The van der Waals surface area contributed by atoms with E-state index in [1.807, 2.05) is 23.5 Å². The van der Waals surface area contributed by atoms with Crippen molar-refractivity contribution in [3.63, 3.8) is 0 Å². The van der Waals surface area contributed by atoms with E-state index in [0.717, 1.165) is 37.5 Å². The second-order valence-electron chi connectivity index (χ2n) is 4.14. The molecule has 2 nitrogen and oxygen atoms in total. The summed E-state index contributed by atoms with van der Waals surface area (Å²) in [6.45, 7) is 1.85. The lowest BCUT2D eigenvalue weighted by molar-refractivity contribution is 0.357. The minimum Gasteiger partial charge on any atom is -0.493 e. The highest BCUT2D eigenvalue weighted by Gasteiger charge is 2.12. The van der Waals surface area contributed by atoms with Crippen molar-refractivity contribution < 1.29 is 4.74 Å². The third-order valence-electron chi connectivity index (χ3n) is 2.93. The Balaban J connectivity index is 1.54. The zero-order valence-electron chi connectivity index (χ0n) is 9.65. The van der Waals surface area contributed by atoms with Crippen molar-refractivity contribution in [3.05, 3.63) is 29.3 Å². The molecule has 90 valence electrons. The molecule has 0 aliphatic carbocycles. The number of fused-ring (bicyclic) bond motifs is 1. The molecule has 0 atom stereocenters. The van der Waals surface area contributed by atoms with Gasteiger partial charge in [-0.15, -0.1) is 0 Å². The van der Waals surface area contributed by atoms with Crippen LogP contribution in [0, 0.1) is 0 Å². The summed E-state index contributed by atoms with van der Waals surface area (Å²) >= 11 is 3.78. The summed E-state index contributed by atoms with van der Waals surface area (Å²) in [5.41, 5.74) is 2.80. The van der Waals surface area contributed by atoms with Crippen molar-refractivity contribution >= 4 is 27.9 Å². The third-order valence-corrected chi connectivity index (χ3v) is 5.18. The summed E-state index contributed by atoms with van der Waals surface area (Å²) in [7, 11) is 0. The number of rotatable bonds is 3. The normalized spacial score (nSPS) is 17.8. The number of aryl methyl sites for hydroxylation is 1. The smallest absolute Gasteiger partial charge is 0.124 e. The summed E-state index contributed by atoms with van der Waals surface area (Å²) < 4.78 is 6.78. The Hall–Kier alpha value is -0.610. The molecule has 1 aromatic carbocycles. The van der Waals surface area contributed by atoms with Gasteiger partial charge in [0.15, 0.2) is 0 Å². The monoisotopic (exact) mass is 265 g/mol. The summed E-state index contributed by atoms with van der Waals surface area (Å²) in [5.74, 6) is 3.38. The fourth-order valence-corrected chi connectivity index (χ4v) is 4.12. The highest BCUT2D eigenvalue weighted by molar-refractivity contribution is 8.39. The number of benzene rings is 1. The van der Waals surface area contributed by atoms with E-state index in [1.165, 1.54) is 21.3 Å². The van der Waals surface area contributed by atoms with Gasteiger partial charge >= 0.3 is 0 Å². The van der Waals surface area contributed by atoms with Crippen molar-refractivity contribution in [1.29, 1.82) is 0 Å². The van der Waals surface area contributed by atoms with Crippen LogP contribution in [-0.4, -0.2) is 29.0 Å². The van der Waals surface area contributed by atoms with E-state index in [1.54, 1.807) is 0 Å². The Labute approximate surface area is 110 Å². The van der Waals surface area contributed by atoms with Crippen molar-refractivity contribution in [2.24, 2.45) is 4.99 Å². The summed E-state index contributed by atoms with van der Waals surface area (Å²) in [6, 6.07) is 6.60. The molecule has 2 heterocycles. The molecule has 0 unspecified atom stereocenters. The van der Waals surface area contributed by atoms with Crippen molar-refractivity contribution in [1.82, 2.24) is 0 Å². The lowest BCUT2D eigenvalue weighted by atomic mass is 10.1. The minimum atomic E-state index is 0.848. The van der Waals surface area contributed by atoms with Gasteiger partial charge in [0.25, 0.3) is 0 Å². The highest BCUT2D eigenvalue weighted by Crippen LogP contribution is 2.27. The third kappa shape index (κ3) is 2.80. The van der Waals surface area contributed by atoms with Crippen LogP contribution in [0.25, 0.3) is 0 Å². The van der Waals surface area contributed by atoms with Gasteiger partial charge in [-0.3, -0.25) is 4.99 Å². The van der Waals surface area contributed by atoms with Gasteiger partial charge in [-0.1, -0.05) is 35.7 Å². The maximum atomic E-state index is 5.51. The van der Waals surface area contributed by atoms with Gasteiger partial charge < -0.3 is 4.74 Å². The second kappa shape index (κ2) is 5.36. The summed E-state index contributed by atoms with van der Waals surface area (Å²) in [6.07, 6.45) is 2.19. The van der Waals surface area contributed by atoms with Crippen LogP contribution in [0.2, 0.25) is 0 Å². The molecule has 0 bridgehead atoms. The van der Waals surface area contributed by atoms with Crippen LogP contribution in [-0.2, 0) is 12.8 Å². The fourth-order valence-electron chi connectivity index (χ4n) is 2.05. The maximum Gasteiger partial charge on any atom is 0.124 e. The van der Waals surface area contributed by atoms with E-state index in [0.29, 0.717) is 0 Å². The maximum absolute atomic E-state index is 5.51. The largest absolute Gasteiger partial charge is 0.493 e. The Morgan fingerprint density at radius 2 is 2.41 bits per heavy atom. The van der Waals surface area contributed by atoms with Gasteiger partial charge in [0.2, 0.25) is 0 Å². The SMILES string of the molecule is c1cc2c(cc1CCSC1=NCCS1)CCO2. The molecule has 0 aromatic heterocycles. The molecule has 0 radical (unpaired) electrons. The van der Waals surface area contributed by atoms with Gasteiger partial charge in [0, 0.05) is 17.9 Å². The average Bonchev–Trinajstić information content (AvgIpc) is 2.98. The predicted molar refractivity (Wildman–Crippen MR) is 76.6 cm³/mol. The molecule has 2 aliphatic heterocycles. The molecule has 0 spiro atoms. The Morgan fingerprint density at radius 1 is 1.41 bits per heavy atom. The standard InChI is InChI=1S/C13H15NOS2/c1-2-12-11(3-6-15-12)9-10(1)4-7-16-13-14-5-8-17-13/h1-2,9H,3-8H2. The number of aliphatic imine (C=N–C) groups is 1. The number of ether oxygens (including phenoxy) is 1. The topological polar surface area (TPSA) is 21.6 Å². The van der Waals surface area contributed by atoms with Crippen LogP contribution in [0.4, 0.5) is 0 Å². The first-order valence-electron chi connectivity index (χ1n) is 5.96. The van der Waals surface area contributed by atoms with Crippen molar-refractivity contribution in [2.45, 2.75) is 12.8 Å². The number of hydrogen-bond donors (Lipinski definition) is 0. The van der Waals surface area contributed by atoms with Gasteiger partial charge in [-0.25, -0.2) is 0 Å². The van der Waals surface area contributed by atoms with E-state index >= 15 is 0 Å². The quantitative estimate of drug-likeness (QED) is 0.838. The Bertz CT molecular complexity index is 445. The van der Waals surface area contributed by atoms with Crippen LogP contribution in [0.15, 0.2) is 23.2 Å². The van der Waals surface area contributed by atoms with Crippen LogP contribution in [0.5, 0.6) is 5.75 Å². The first kappa shape index (κ1) is 11.5. The lowest BCUT2D eigenvalue weighted by Gasteiger charge is -2.04. The minimum absolute atomic E-state index is 0.848. The molecule has 4 heteroatoms. The van der Waals surface area contributed by atoms with Crippen LogP contribution in [0.3, 0.4) is 0 Å². The molecule has 0 fully saturated rings. The van der Waals surface area contributed by atoms with E-state index < -0.39 is 0 Å².